The van der Waals surface area contributed by atoms with E-state index in [1.807, 2.05) is 0 Å². The molecule has 0 saturated carbocycles. The van der Waals surface area contributed by atoms with E-state index in [0.29, 0.717) is 0 Å². The third-order valence-corrected chi connectivity index (χ3v) is 7.10. The van der Waals surface area contributed by atoms with Gasteiger partial charge in [0.15, 0.2) is 0 Å². The summed E-state index contributed by atoms with van der Waals surface area (Å²) in [5.74, 6) is 2.63. The molecule has 0 saturated heterocycles. The number of aryl methyl sites for hydroxylation is 4. The summed E-state index contributed by atoms with van der Waals surface area (Å²) in [5, 5.41) is 0. The van der Waals surface area contributed by atoms with Crippen LogP contribution in [0.4, 0.5) is 0 Å². The van der Waals surface area contributed by atoms with E-state index in [9.17, 15) is 0 Å². The molecule has 0 atom stereocenters. The molecular weight excluding hydrogens is 360 g/mol. The third kappa shape index (κ3) is 9.72. The smallest absolute Gasteiger partial charge is 0.240 e. The first-order valence-electron chi connectivity index (χ1n) is 10.0. The predicted molar refractivity (Wildman–Crippen MR) is 113 cm³/mol. The van der Waals surface area contributed by atoms with E-state index in [1.54, 1.807) is 0 Å². The Balaban J connectivity index is 1.28. The zero-order valence-electron chi connectivity index (χ0n) is 16.6. The summed E-state index contributed by atoms with van der Waals surface area (Å²) in [6, 6.07) is 0. The average Bonchev–Trinajstić information content (AvgIpc) is 3.23. The maximum atomic E-state index is 2.28. The minimum Gasteiger partial charge on any atom is -0.240 e. The molecule has 0 aliphatic rings. The molecule has 2 rings (SSSR count). The molecule has 0 unspecified atom stereocenters. The standard InChI is InChI=1S/C20H36N4S2/c1-21-13-15-23(19-21)11-7-3-5-9-17-25-26-18-10-6-4-8-12-24-16-14-22(2)20-24/h13-16,19-20H,3-12,17-18H2,1-2H3/q+2. The van der Waals surface area contributed by atoms with Crippen molar-refractivity contribution in [3.05, 3.63) is 37.4 Å². The Labute approximate surface area is 167 Å². The summed E-state index contributed by atoms with van der Waals surface area (Å²) in [7, 11) is 8.31. The number of unbranched alkanes of at least 4 members (excludes halogenated alkanes) is 6. The van der Waals surface area contributed by atoms with Crippen molar-refractivity contribution >= 4 is 21.6 Å². The second-order valence-corrected chi connectivity index (χ2v) is 9.81. The molecule has 2 heterocycles. The summed E-state index contributed by atoms with van der Waals surface area (Å²) >= 11 is 0. The van der Waals surface area contributed by atoms with Crippen molar-refractivity contribution in [2.75, 3.05) is 11.5 Å². The number of hydrogen-bond acceptors (Lipinski definition) is 2. The van der Waals surface area contributed by atoms with E-state index < -0.39 is 0 Å². The molecule has 0 amide bonds. The molecule has 0 spiro atoms. The van der Waals surface area contributed by atoms with E-state index >= 15 is 0 Å². The van der Waals surface area contributed by atoms with Gasteiger partial charge < -0.3 is 0 Å². The zero-order chi connectivity index (χ0) is 18.5. The van der Waals surface area contributed by atoms with Crippen molar-refractivity contribution in [3.63, 3.8) is 0 Å². The van der Waals surface area contributed by atoms with Crippen LogP contribution in [-0.4, -0.2) is 20.6 Å². The molecule has 0 N–H and O–H groups in total. The van der Waals surface area contributed by atoms with Crippen LogP contribution in [0.3, 0.4) is 0 Å². The van der Waals surface area contributed by atoms with Gasteiger partial charge in [0.25, 0.3) is 0 Å². The van der Waals surface area contributed by atoms with E-state index in [0.717, 1.165) is 13.1 Å². The van der Waals surface area contributed by atoms with Gasteiger partial charge in [0.1, 0.15) is 24.8 Å². The first kappa shape index (κ1) is 21.4. The molecule has 6 heteroatoms. The molecule has 0 aliphatic carbocycles. The Kier molecular flexibility index (Phi) is 11.0. The van der Waals surface area contributed by atoms with E-state index in [-0.39, 0.29) is 0 Å². The van der Waals surface area contributed by atoms with Crippen LogP contribution in [0.15, 0.2) is 37.4 Å². The normalized spacial score (nSPS) is 11.3. The van der Waals surface area contributed by atoms with Crippen LogP contribution in [0, 0.1) is 0 Å². The quantitative estimate of drug-likeness (QED) is 0.256. The summed E-state index contributed by atoms with van der Waals surface area (Å²) in [6.45, 7) is 2.32. The summed E-state index contributed by atoms with van der Waals surface area (Å²) in [4.78, 5) is 0. The maximum Gasteiger partial charge on any atom is 0.243 e. The molecule has 2 aromatic rings. The first-order valence-corrected chi connectivity index (χ1v) is 12.5. The zero-order valence-corrected chi connectivity index (χ0v) is 18.2. The highest BCUT2D eigenvalue weighted by molar-refractivity contribution is 8.76. The Bertz CT molecular complexity index is 542. The van der Waals surface area contributed by atoms with Crippen LogP contribution in [0.2, 0.25) is 0 Å². The molecule has 0 fully saturated rings. The van der Waals surface area contributed by atoms with Crippen molar-refractivity contribution in [2.24, 2.45) is 14.1 Å². The van der Waals surface area contributed by atoms with Crippen LogP contribution >= 0.6 is 21.6 Å². The third-order valence-electron chi connectivity index (χ3n) is 4.52. The highest BCUT2D eigenvalue weighted by Crippen LogP contribution is 2.24. The summed E-state index contributed by atoms with van der Waals surface area (Å²) < 4.78 is 8.78. The van der Waals surface area contributed by atoms with Crippen LogP contribution in [0.25, 0.3) is 0 Å². The summed E-state index contributed by atoms with van der Waals surface area (Å²) in [5.41, 5.74) is 0. The van der Waals surface area contributed by atoms with Gasteiger partial charge in [0.2, 0.25) is 12.7 Å². The molecule has 146 valence electrons. The number of rotatable bonds is 15. The highest BCUT2D eigenvalue weighted by atomic mass is 33.1. The molecule has 0 bridgehead atoms. The van der Waals surface area contributed by atoms with Crippen LogP contribution in [-0.2, 0) is 27.2 Å². The highest BCUT2D eigenvalue weighted by Gasteiger charge is 2.01. The minimum absolute atomic E-state index is 1.16. The Morgan fingerprint density at radius 3 is 1.42 bits per heavy atom. The first-order chi connectivity index (χ1) is 12.7. The molecule has 0 aromatic carbocycles. The van der Waals surface area contributed by atoms with Gasteiger partial charge in [-0.1, -0.05) is 34.4 Å². The molecular formula is C20H36N4S2+2. The van der Waals surface area contributed by atoms with Gasteiger partial charge in [0.05, 0.1) is 27.2 Å². The fraction of sp³-hybridized carbons (Fsp3) is 0.700. The summed E-state index contributed by atoms with van der Waals surface area (Å²) in [6.07, 6.45) is 23.6. The lowest BCUT2D eigenvalue weighted by molar-refractivity contribution is -0.671. The van der Waals surface area contributed by atoms with Crippen molar-refractivity contribution < 1.29 is 9.13 Å². The monoisotopic (exact) mass is 396 g/mol. The van der Waals surface area contributed by atoms with Crippen molar-refractivity contribution in [1.82, 2.24) is 9.13 Å². The maximum absolute atomic E-state index is 2.28. The second kappa shape index (κ2) is 13.3. The second-order valence-electron chi connectivity index (χ2n) is 7.11. The largest absolute Gasteiger partial charge is 0.243 e. The number of hydrogen-bond donors (Lipinski definition) is 0. The minimum atomic E-state index is 1.16. The molecule has 26 heavy (non-hydrogen) atoms. The lowest BCUT2D eigenvalue weighted by Gasteiger charge is -2.02. The van der Waals surface area contributed by atoms with Crippen LogP contribution < -0.4 is 9.13 Å². The number of nitrogens with zero attached hydrogens (tertiary/aromatic N) is 4. The van der Waals surface area contributed by atoms with E-state index in [2.05, 4.69) is 91.4 Å². The van der Waals surface area contributed by atoms with E-state index in [4.69, 9.17) is 0 Å². The predicted octanol–water partition coefficient (Wildman–Crippen LogP) is 4.14. The Morgan fingerprint density at radius 2 is 1.04 bits per heavy atom. The van der Waals surface area contributed by atoms with Gasteiger partial charge in [-0.15, -0.1) is 0 Å². The lowest BCUT2D eigenvalue weighted by atomic mass is 10.2. The molecule has 2 aromatic heterocycles. The average molecular weight is 397 g/mol. The lowest BCUT2D eigenvalue weighted by Crippen LogP contribution is -2.23. The SMILES string of the molecule is C[n+]1ccn(CCCCCCSSCCCCCCn2cc[n+](C)c2)c1. The Morgan fingerprint density at radius 1 is 0.615 bits per heavy atom. The topological polar surface area (TPSA) is 17.6 Å². The number of aromatic nitrogens is 4. The van der Waals surface area contributed by atoms with Crippen molar-refractivity contribution in [3.8, 4) is 0 Å². The van der Waals surface area contributed by atoms with Gasteiger partial charge in [0, 0.05) is 11.5 Å². The fourth-order valence-corrected chi connectivity index (χ4v) is 5.30. The Hall–Kier alpha value is -0.880. The molecule has 0 aliphatic heterocycles. The van der Waals surface area contributed by atoms with Crippen LogP contribution in [0.1, 0.15) is 51.4 Å². The molecule has 4 nitrogen and oxygen atoms in total. The van der Waals surface area contributed by atoms with Crippen molar-refractivity contribution in [1.29, 1.82) is 0 Å². The van der Waals surface area contributed by atoms with Crippen LogP contribution in [0.5, 0.6) is 0 Å². The van der Waals surface area contributed by atoms with Gasteiger partial charge in [-0.3, -0.25) is 0 Å². The fourth-order valence-electron chi connectivity index (χ4n) is 3.00. The van der Waals surface area contributed by atoms with Gasteiger partial charge >= 0.3 is 0 Å². The van der Waals surface area contributed by atoms with E-state index in [1.165, 1.54) is 62.9 Å². The van der Waals surface area contributed by atoms with Crippen molar-refractivity contribution in [2.45, 2.75) is 64.5 Å². The van der Waals surface area contributed by atoms with Gasteiger partial charge in [-0.2, -0.15) is 0 Å². The van der Waals surface area contributed by atoms with Gasteiger partial charge in [-0.25, -0.2) is 18.3 Å². The number of imidazole rings is 2. The molecule has 0 radical (unpaired) electrons. The van der Waals surface area contributed by atoms with Gasteiger partial charge in [-0.05, 0) is 38.5 Å².